The first-order valence-electron chi connectivity index (χ1n) is 5.53. The summed E-state index contributed by atoms with van der Waals surface area (Å²) < 4.78 is 31.7. The maximum Gasteiger partial charge on any atom is 0.337 e. The maximum atomic E-state index is 12.0. The molecule has 1 saturated heterocycles. The van der Waals surface area contributed by atoms with Crippen LogP contribution in [0.1, 0.15) is 16.8 Å². The van der Waals surface area contributed by atoms with Crippen molar-refractivity contribution in [2.24, 2.45) is 0 Å². The number of halogens is 1. The zero-order chi connectivity index (χ0) is 14.0. The average Bonchev–Trinajstić information content (AvgIpc) is 2.80. The van der Waals surface area contributed by atoms with E-state index in [1.54, 1.807) is 0 Å². The van der Waals surface area contributed by atoms with E-state index in [-0.39, 0.29) is 21.5 Å². The Hall–Kier alpha value is -1.15. The molecule has 1 atom stereocenters. The topological polar surface area (TPSA) is 92.7 Å². The van der Waals surface area contributed by atoms with E-state index in [4.69, 9.17) is 21.4 Å². The van der Waals surface area contributed by atoms with Gasteiger partial charge in [0.05, 0.1) is 22.1 Å². The molecule has 0 aromatic heterocycles. The number of ether oxygens (including phenoxy) is 1. The maximum absolute atomic E-state index is 12.0. The minimum atomic E-state index is -3.72. The quantitative estimate of drug-likeness (QED) is 0.869. The zero-order valence-corrected chi connectivity index (χ0v) is 11.4. The fourth-order valence-corrected chi connectivity index (χ4v) is 3.36. The Kier molecular flexibility index (Phi) is 4.10. The Morgan fingerprint density at radius 2 is 2.21 bits per heavy atom. The Labute approximate surface area is 115 Å². The smallest absolute Gasteiger partial charge is 0.337 e. The monoisotopic (exact) mass is 305 g/mol. The lowest BCUT2D eigenvalue weighted by Crippen LogP contribution is -2.35. The van der Waals surface area contributed by atoms with E-state index >= 15 is 0 Å². The number of hydrogen-bond donors (Lipinski definition) is 2. The first-order valence-corrected chi connectivity index (χ1v) is 7.39. The Morgan fingerprint density at radius 1 is 1.47 bits per heavy atom. The van der Waals surface area contributed by atoms with Crippen LogP contribution >= 0.6 is 11.6 Å². The van der Waals surface area contributed by atoms with Gasteiger partial charge in [-0.1, -0.05) is 11.6 Å². The minimum absolute atomic E-state index is 0.0607. The molecular formula is C11H12ClNO5S. The van der Waals surface area contributed by atoms with Crippen LogP contribution in [0.5, 0.6) is 0 Å². The predicted octanol–water partition coefficient (Wildman–Crippen LogP) is 1.11. The van der Waals surface area contributed by atoms with Crippen LogP contribution < -0.4 is 4.72 Å². The van der Waals surface area contributed by atoms with Crippen LogP contribution in [0, 0.1) is 0 Å². The summed E-state index contributed by atoms with van der Waals surface area (Å²) in [4.78, 5) is 10.7. The van der Waals surface area contributed by atoms with Crippen LogP contribution in [0.4, 0.5) is 0 Å². The van der Waals surface area contributed by atoms with Gasteiger partial charge in [0.1, 0.15) is 0 Å². The van der Waals surface area contributed by atoms with E-state index in [2.05, 4.69) is 4.72 Å². The second-order valence-electron chi connectivity index (χ2n) is 4.13. The molecular weight excluding hydrogens is 294 g/mol. The summed E-state index contributed by atoms with van der Waals surface area (Å²) in [6.45, 7) is 0.853. The first kappa shape index (κ1) is 14.3. The molecule has 1 aliphatic heterocycles. The van der Waals surface area contributed by atoms with E-state index in [0.717, 1.165) is 6.07 Å². The van der Waals surface area contributed by atoms with Crippen molar-refractivity contribution in [3.63, 3.8) is 0 Å². The molecule has 1 heterocycles. The third kappa shape index (κ3) is 3.24. The van der Waals surface area contributed by atoms with E-state index in [1.807, 2.05) is 0 Å². The Bertz CT molecular complexity index is 595. The SMILES string of the molecule is O=C(O)c1ccc(S(=O)(=O)NC2CCOC2)cc1Cl. The molecule has 0 amide bonds. The highest BCUT2D eigenvalue weighted by Gasteiger charge is 2.24. The molecule has 0 spiro atoms. The van der Waals surface area contributed by atoms with Crippen molar-refractivity contribution in [3.8, 4) is 0 Å². The fraction of sp³-hybridized carbons (Fsp3) is 0.364. The number of carboxylic acid groups (broad SMARTS) is 1. The molecule has 2 N–H and O–H groups in total. The molecule has 0 bridgehead atoms. The summed E-state index contributed by atoms with van der Waals surface area (Å²) in [6, 6.07) is 3.25. The third-order valence-corrected chi connectivity index (χ3v) is 4.56. The standard InChI is InChI=1S/C11H12ClNO5S/c12-10-5-8(1-2-9(10)11(14)15)19(16,17)13-7-3-4-18-6-7/h1-2,5,7,13H,3-4,6H2,(H,14,15). The van der Waals surface area contributed by atoms with Gasteiger partial charge in [-0.2, -0.15) is 0 Å². The molecule has 2 rings (SSSR count). The van der Waals surface area contributed by atoms with Gasteiger partial charge in [-0.25, -0.2) is 17.9 Å². The zero-order valence-electron chi connectivity index (χ0n) is 9.80. The van der Waals surface area contributed by atoms with Crippen molar-refractivity contribution in [3.05, 3.63) is 28.8 Å². The molecule has 1 aliphatic rings. The lowest BCUT2D eigenvalue weighted by molar-refractivity contribution is 0.0697. The average molecular weight is 306 g/mol. The molecule has 1 aromatic carbocycles. The molecule has 1 unspecified atom stereocenters. The number of aromatic carboxylic acids is 1. The van der Waals surface area contributed by atoms with Gasteiger partial charge in [0.25, 0.3) is 0 Å². The van der Waals surface area contributed by atoms with Gasteiger partial charge in [0.2, 0.25) is 10.0 Å². The minimum Gasteiger partial charge on any atom is -0.478 e. The molecule has 1 fully saturated rings. The van der Waals surface area contributed by atoms with Gasteiger partial charge in [0, 0.05) is 12.6 Å². The molecule has 0 saturated carbocycles. The molecule has 1 aromatic rings. The number of nitrogens with one attached hydrogen (secondary N) is 1. The van der Waals surface area contributed by atoms with Gasteiger partial charge < -0.3 is 9.84 Å². The summed E-state index contributed by atoms with van der Waals surface area (Å²) in [5.41, 5.74) is -0.134. The highest BCUT2D eigenvalue weighted by atomic mass is 35.5. The van der Waals surface area contributed by atoms with Crippen LogP contribution in [-0.2, 0) is 14.8 Å². The number of carboxylic acids is 1. The normalized spacial score (nSPS) is 19.5. The Balaban J connectivity index is 2.25. The number of rotatable bonds is 4. The number of carbonyl (C=O) groups is 1. The van der Waals surface area contributed by atoms with Gasteiger partial charge in [0.15, 0.2) is 0 Å². The third-order valence-electron chi connectivity index (χ3n) is 2.73. The van der Waals surface area contributed by atoms with Crippen LogP contribution in [0.25, 0.3) is 0 Å². The lowest BCUT2D eigenvalue weighted by Gasteiger charge is -2.12. The van der Waals surface area contributed by atoms with E-state index in [1.165, 1.54) is 12.1 Å². The van der Waals surface area contributed by atoms with E-state index in [0.29, 0.717) is 19.6 Å². The largest absolute Gasteiger partial charge is 0.478 e. The summed E-state index contributed by atoms with van der Waals surface area (Å²) in [6.07, 6.45) is 0.611. The highest BCUT2D eigenvalue weighted by molar-refractivity contribution is 7.89. The van der Waals surface area contributed by atoms with Gasteiger partial charge >= 0.3 is 5.97 Å². The van der Waals surface area contributed by atoms with Crippen molar-refractivity contribution < 1.29 is 23.1 Å². The molecule has 8 heteroatoms. The summed E-state index contributed by atoms with van der Waals surface area (Å²) in [7, 11) is -3.72. The van der Waals surface area contributed by atoms with E-state index < -0.39 is 16.0 Å². The lowest BCUT2D eigenvalue weighted by atomic mass is 10.2. The summed E-state index contributed by atoms with van der Waals surface area (Å²) >= 11 is 5.75. The second-order valence-corrected chi connectivity index (χ2v) is 6.25. The molecule has 19 heavy (non-hydrogen) atoms. The van der Waals surface area contributed by atoms with Crippen LogP contribution in [0.15, 0.2) is 23.1 Å². The van der Waals surface area contributed by atoms with E-state index in [9.17, 15) is 13.2 Å². The number of sulfonamides is 1. The van der Waals surface area contributed by atoms with Crippen molar-refractivity contribution in [2.45, 2.75) is 17.4 Å². The number of benzene rings is 1. The van der Waals surface area contributed by atoms with Crippen LogP contribution in [0.3, 0.4) is 0 Å². The van der Waals surface area contributed by atoms with Gasteiger partial charge in [-0.05, 0) is 24.6 Å². The first-order chi connectivity index (χ1) is 8.90. The van der Waals surface area contributed by atoms with Crippen LogP contribution in [-0.4, -0.2) is 38.7 Å². The summed E-state index contributed by atoms with van der Waals surface area (Å²) in [5.74, 6) is -1.20. The molecule has 0 aliphatic carbocycles. The number of hydrogen-bond acceptors (Lipinski definition) is 4. The molecule has 104 valence electrons. The molecule has 6 nitrogen and oxygen atoms in total. The van der Waals surface area contributed by atoms with Gasteiger partial charge in [-0.15, -0.1) is 0 Å². The highest BCUT2D eigenvalue weighted by Crippen LogP contribution is 2.21. The van der Waals surface area contributed by atoms with Crippen molar-refractivity contribution >= 4 is 27.6 Å². The van der Waals surface area contributed by atoms with Crippen molar-refractivity contribution in [2.75, 3.05) is 13.2 Å². The predicted molar refractivity (Wildman–Crippen MR) is 68.0 cm³/mol. The van der Waals surface area contributed by atoms with Gasteiger partial charge in [-0.3, -0.25) is 0 Å². The Morgan fingerprint density at radius 3 is 2.74 bits per heavy atom. The van der Waals surface area contributed by atoms with Crippen LogP contribution in [0.2, 0.25) is 5.02 Å². The van der Waals surface area contributed by atoms with Crippen molar-refractivity contribution in [1.29, 1.82) is 0 Å². The van der Waals surface area contributed by atoms with Crippen molar-refractivity contribution in [1.82, 2.24) is 4.72 Å². The second kappa shape index (κ2) is 5.46. The molecule has 0 radical (unpaired) electrons. The summed E-state index contributed by atoms with van der Waals surface area (Å²) in [5, 5.41) is 8.71. The fourth-order valence-electron chi connectivity index (χ4n) is 1.75.